The Labute approximate surface area is 189 Å². The van der Waals surface area contributed by atoms with Gasteiger partial charge in [0.05, 0.1) is 6.10 Å². The van der Waals surface area contributed by atoms with Crippen LogP contribution in [0, 0.1) is 0 Å². The molecule has 166 valence electrons. The fourth-order valence-electron chi connectivity index (χ4n) is 3.15. The first kappa shape index (κ1) is 23.1. The molecule has 0 unspecified atom stereocenters. The van der Waals surface area contributed by atoms with E-state index >= 15 is 0 Å². The van der Waals surface area contributed by atoms with Crippen LogP contribution in [0.5, 0.6) is 5.75 Å². The van der Waals surface area contributed by atoms with E-state index in [-0.39, 0.29) is 23.3 Å². The molecule has 0 heterocycles. The first-order valence-corrected chi connectivity index (χ1v) is 10.7. The molecule has 5 heteroatoms. The molecule has 0 saturated carbocycles. The molecule has 2 amide bonds. The van der Waals surface area contributed by atoms with E-state index in [1.807, 2.05) is 44.2 Å². The van der Waals surface area contributed by atoms with Crippen LogP contribution in [0.15, 0.2) is 72.8 Å². The minimum Gasteiger partial charge on any atom is -0.491 e. The van der Waals surface area contributed by atoms with E-state index in [4.69, 9.17) is 4.74 Å². The molecular weight excluding hydrogens is 400 g/mol. The SMILES string of the molecule is CC(C)Oc1cccc(C(=O)Nc2ccc(NC(=O)c3ccc(C(C)(C)C)cc3)cc2)c1. The molecular formula is C27H30N2O3. The molecule has 2 N–H and O–H groups in total. The molecule has 0 aromatic heterocycles. The highest BCUT2D eigenvalue weighted by atomic mass is 16.5. The van der Waals surface area contributed by atoms with Gasteiger partial charge in [-0.1, -0.05) is 39.0 Å². The molecule has 0 saturated heterocycles. The summed E-state index contributed by atoms with van der Waals surface area (Å²) in [6.07, 6.45) is 0.0347. The molecule has 0 aliphatic carbocycles. The van der Waals surface area contributed by atoms with Gasteiger partial charge >= 0.3 is 0 Å². The van der Waals surface area contributed by atoms with Gasteiger partial charge in [0.25, 0.3) is 11.8 Å². The van der Waals surface area contributed by atoms with Crippen molar-refractivity contribution in [3.05, 3.63) is 89.5 Å². The molecule has 0 aliphatic heterocycles. The van der Waals surface area contributed by atoms with E-state index in [0.717, 1.165) is 0 Å². The first-order valence-electron chi connectivity index (χ1n) is 10.7. The van der Waals surface area contributed by atoms with Crippen LogP contribution in [0.1, 0.15) is 60.9 Å². The number of hydrogen-bond donors (Lipinski definition) is 2. The highest BCUT2D eigenvalue weighted by molar-refractivity contribution is 6.05. The summed E-state index contributed by atoms with van der Waals surface area (Å²) in [4.78, 5) is 25.1. The summed E-state index contributed by atoms with van der Waals surface area (Å²) in [6, 6.07) is 21.7. The van der Waals surface area contributed by atoms with Gasteiger partial charge in [0, 0.05) is 22.5 Å². The smallest absolute Gasteiger partial charge is 0.255 e. The second kappa shape index (κ2) is 9.69. The van der Waals surface area contributed by atoms with Gasteiger partial charge in [-0.15, -0.1) is 0 Å². The minimum absolute atomic E-state index is 0.0347. The third-order valence-corrected chi connectivity index (χ3v) is 4.88. The van der Waals surface area contributed by atoms with E-state index in [1.54, 1.807) is 42.5 Å². The van der Waals surface area contributed by atoms with Crippen molar-refractivity contribution in [3.63, 3.8) is 0 Å². The lowest BCUT2D eigenvalue weighted by atomic mass is 9.87. The third kappa shape index (κ3) is 6.20. The minimum atomic E-state index is -0.227. The van der Waals surface area contributed by atoms with Gasteiger partial charge in [-0.25, -0.2) is 0 Å². The quantitative estimate of drug-likeness (QED) is 0.484. The monoisotopic (exact) mass is 430 g/mol. The molecule has 5 nitrogen and oxygen atoms in total. The Hall–Kier alpha value is -3.60. The summed E-state index contributed by atoms with van der Waals surface area (Å²) in [7, 11) is 0. The van der Waals surface area contributed by atoms with Crippen LogP contribution in [0.3, 0.4) is 0 Å². The van der Waals surface area contributed by atoms with E-state index in [9.17, 15) is 9.59 Å². The molecule has 0 spiro atoms. The predicted molar refractivity (Wildman–Crippen MR) is 130 cm³/mol. The Morgan fingerprint density at radius 1 is 0.750 bits per heavy atom. The van der Waals surface area contributed by atoms with Gasteiger partial charge in [0.15, 0.2) is 0 Å². The van der Waals surface area contributed by atoms with Gasteiger partial charge in [0.2, 0.25) is 0 Å². The van der Waals surface area contributed by atoms with Crippen LogP contribution in [0.2, 0.25) is 0 Å². The highest BCUT2D eigenvalue weighted by Crippen LogP contribution is 2.23. The predicted octanol–water partition coefficient (Wildman–Crippen LogP) is 6.28. The topological polar surface area (TPSA) is 67.4 Å². The van der Waals surface area contributed by atoms with Crippen LogP contribution >= 0.6 is 0 Å². The van der Waals surface area contributed by atoms with Gasteiger partial charge in [-0.2, -0.15) is 0 Å². The lowest BCUT2D eigenvalue weighted by molar-refractivity contribution is 0.101. The summed E-state index contributed by atoms with van der Waals surface area (Å²) in [5.41, 5.74) is 3.62. The Balaban J connectivity index is 1.61. The van der Waals surface area contributed by atoms with Crippen molar-refractivity contribution in [1.29, 1.82) is 0 Å². The Bertz CT molecular complexity index is 1080. The molecule has 0 radical (unpaired) electrons. The van der Waals surface area contributed by atoms with Crippen molar-refractivity contribution in [2.24, 2.45) is 0 Å². The number of amides is 2. The van der Waals surface area contributed by atoms with E-state index in [2.05, 4.69) is 31.4 Å². The maximum Gasteiger partial charge on any atom is 0.255 e. The van der Waals surface area contributed by atoms with Crippen molar-refractivity contribution in [3.8, 4) is 5.75 Å². The maximum atomic E-state index is 12.6. The zero-order chi connectivity index (χ0) is 23.3. The van der Waals surface area contributed by atoms with Crippen LogP contribution in [0.25, 0.3) is 0 Å². The molecule has 0 bridgehead atoms. The van der Waals surface area contributed by atoms with Crippen molar-refractivity contribution in [2.75, 3.05) is 10.6 Å². The van der Waals surface area contributed by atoms with Crippen molar-refractivity contribution in [2.45, 2.75) is 46.1 Å². The average Bonchev–Trinajstić information content (AvgIpc) is 2.74. The zero-order valence-corrected chi connectivity index (χ0v) is 19.2. The third-order valence-electron chi connectivity index (χ3n) is 4.88. The maximum absolute atomic E-state index is 12.6. The average molecular weight is 431 g/mol. The highest BCUT2D eigenvalue weighted by Gasteiger charge is 2.14. The summed E-state index contributed by atoms with van der Waals surface area (Å²) in [6.45, 7) is 10.3. The molecule has 3 aromatic rings. The number of ether oxygens (including phenoxy) is 1. The van der Waals surface area contributed by atoms with Crippen LogP contribution < -0.4 is 15.4 Å². The zero-order valence-electron chi connectivity index (χ0n) is 19.2. The molecule has 32 heavy (non-hydrogen) atoms. The van der Waals surface area contributed by atoms with E-state index in [0.29, 0.717) is 28.3 Å². The number of benzene rings is 3. The van der Waals surface area contributed by atoms with Crippen molar-refractivity contribution in [1.82, 2.24) is 0 Å². The van der Waals surface area contributed by atoms with Crippen molar-refractivity contribution >= 4 is 23.2 Å². The second-order valence-corrected chi connectivity index (χ2v) is 9.01. The fraction of sp³-hybridized carbons (Fsp3) is 0.259. The summed E-state index contributed by atoms with van der Waals surface area (Å²) in [5.74, 6) is 0.250. The van der Waals surface area contributed by atoms with Gasteiger partial charge < -0.3 is 15.4 Å². The lowest BCUT2D eigenvalue weighted by Gasteiger charge is -2.19. The van der Waals surface area contributed by atoms with Crippen LogP contribution in [-0.4, -0.2) is 17.9 Å². The van der Waals surface area contributed by atoms with Gasteiger partial charge in [-0.3, -0.25) is 9.59 Å². The Morgan fingerprint density at radius 3 is 1.78 bits per heavy atom. The summed E-state index contributed by atoms with van der Waals surface area (Å²) in [5, 5.41) is 5.75. The number of rotatable bonds is 6. The molecule has 0 aliphatic rings. The molecule has 0 fully saturated rings. The normalized spacial score (nSPS) is 11.2. The molecule has 3 aromatic carbocycles. The number of carbonyl (C=O) groups excluding carboxylic acids is 2. The second-order valence-electron chi connectivity index (χ2n) is 9.01. The van der Waals surface area contributed by atoms with E-state index in [1.165, 1.54) is 5.56 Å². The Morgan fingerprint density at radius 2 is 1.28 bits per heavy atom. The molecule has 3 rings (SSSR count). The summed E-state index contributed by atoms with van der Waals surface area (Å²) >= 11 is 0. The lowest BCUT2D eigenvalue weighted by Crippen LogP contribution is -2.15. The standard InChI is InChI=1S/C27H30N2O3/c1-18(2)32-24-8-6-7-20(17-24)26(31)29-23-15-13-22(14-16-23)28-25(30)19-9-11-21(12-10-19)27(3,4)5/h6-18H,1-5H3,(H,28,30)(H,29,31). The Kier molecular flexibility index (Phi) is 6.98. The van der Waals surface area contributed by atoms with Crippen LogP contribution in [0.4, 0.5) is 11.4 Å². The van der Waals surface area contributed by atoms with Crippen molar-refractivity contribution < 1.29 is 14.3 Å². The number of nitrogens with one attached hydrogen (secondary N) is 2. The fourth-order valence-corrected chi connectivity index (χ4v) is 3.15. The largest absolute Gasteiger partial charge is 0.491 e. The van der Waals surface area contributed by atoms with Gasteiger partial charge in [0.1, 0.15) is 5.75 Å². The summed E-state index contributed by atoms with van der Waals surface area (Å²) < 4.78 is 5.65. The van der Waals surface area contributed by atoms with Crippen LogP contribution in [-0.2, 0) is 5.41 Å². The van der Waals surface area contributed by atoms with Gasteiger partial charge in [-0.05, 0) is 79.4 Å². The number of hydrogen-bond acceptors (Lipinski definition) is 3. The number of carbonyl (C=O) groups is 2. The first-order chi connectivity index (χ1) is 15.1. The molecule has 0 atom stereocenters. The van der Waals surface area contributed by atoms with E-state index < -0.39 is 0 Å². The number of anilines is 2.